The molecule has 1 rings (SSSR count). The molecule has 9 atom stereocenters. The summed E-state index contributed by atoms with van der Waals surface area (Å²) in [4.78, 5) is 35.7. The summed E-state index contributed by atoms with van der Waals surface area (Å²) < 4.78 is 33.4. The summed E-state index contributed by atoms with van der Waals surface area (Å²) in [5.41, 5.74) is 0. The lowest BCUT2D eigenvalue weighted by molar-refractivity contribution is -0.220. The molecule has 1 aliphatic rings. The smallest absolute Gasteiger partial charge is 0.462 e. The molecule has 64 heavy (non-hydrogen) atoms. The maximum Gasteiger partial charge on any atom is 0.472 e. The van der Waals surface area contributed by atoms with Gasteiger partial charge in [0.2, 0.25) is 0 Å². The van der Waals surface area contributed by atoms with Gasteiger partial charge in [0.25, 0.3) is 0 Å². The highest BCUT2D eigenvalue weighted by atomic mass is 31.2. The molecule has 0 heterocycles. The third kappa shape index (κ3) is 30.0. The van der Waals surface area contributed by atoms with E-state index in [1.165, 1.54) is 38.5 Å². The van der Waals surface area contributed by atoms with Gasteiger partial charge < -0.3 is 45.0 Å². The van der Waals surface area contributed by atoms with Gasteiger partial charge in [-0.15, -0.1) is 0 Å². The largest absolute Gasteiger partial charge is 0.472 e. The van der Waals surface area contributed by atoms with Gasteiger partial charge in [0, 0.05) is 12.8 Å². The number of aliphatic hydroxyl groups is 6. The molecule has 7 N–H and O–H groups in total. The molecule has 0 aromatic rings. The second-order valence-corrected chi connectivity index (χ2v) is 17.2. The summed E-state index contributed by atoms with van der Waals surface area (Å²) >= 11 is 0. The SMILES string of the molecule is CCCCC/C=C\C=C/[C@@H](O)C/C=C\C/C=C/CCCC(=O)OC[C@H](COP(=O)(O)OC1[C@H](O)[C@H](O)C(O)[C@H](O)[C@H]1O)OC(=O)CCC/C=C\C/C=C\C/C=C\C/C=C\CCCCC. The first kappa shape index (κ1) is 58.7. The summed E-state index contributed by atoms with van der Waals surface area (Å²) in [6.45, 7) is 3.06. The Kier molecular flexibility index (Phi) is 34.8. The molecule has 0 amide bonds. The number of esters is 2. The van der Waals surface area contributed by atoms with Crippen LogP contribution in [0.1, 0.15) is 136 Å². The van der Waals surface area contributed by atoms with E-state index in [0.29, 0.717) is 38.5 Å². The molecule has 3 unspecified atom stereocenters. The minimum absolute atomic E-state index is 0.00960. The standard InChI is InChI=1S/C49H79O14P/c1-3-5-7-9-11-12-13-14-15-16-17-18-19-20-24-29-33-37-43(52)62-41(39-61-64(58,59)63-49-47(56)45(54)44(53)46(55)48(49)57)38-60-42(51)36-32-28-25-21-23-27-31-35-40(50)34-30-26-22-10-8-6-4-2/h11-12,14-15,17-18,20-22,24-27,30-31,34,40-41,44-50,53-57H,3-10,13,16,19,23,28-29,32-33,35-39H2,1-2H3,(H,58,59)/b12-11-,15-14-,18-17-,24-20-,25-21+,26-22-,31-27-,34-30-/t40-,41-,44?,45-,46+,47-,48-,49?/m1/s1. The van der Waals surface area contributed by atoms with Crippen molar-refractivity contribution in [1.82, 2.24) is 0 Å². The number of unbranched alkanes of at least 4 members (excludes halogenated alkanes) is 8. The van der Waals surface area contributed by atoms with Gasteiger partial charge in [-0.05, 0) is 83.5 Å². The molecule has 0 aliphatic heterocycles. The molecule has 15 heteroatoms. The van der Waals surface area contributed by atoms with Crippen LogP contribution in [-0.2, 0) is 32.7 Å². The summed E-state index contributed by atoms with van der Waals surface area (Å²) in [6.07, 6.45) is 33.5. The summed E-state index contributed by atoms with van der Waals surface area (Å²) in [6, 6.07) is 0. The zero-order valence-corrected chi connectivity index (χ0v) is 39.0. The molecule has 0 radical (unpaired) electrons. The molecule has 0 spiro atoms. The van der Waals surface area contributed by atoms with E-state index in [2.05, 4.69) is 56.4 Å². The number of ether oxygens (including phenoxy) is 2. The lowest BCUT2D eigenvalue weighted by Gasteiger charge is -2.41. The topological polar surface area (TPSA) is 230 Å². The summed E-state index contributed by atoms with van der Waals surface area (Å²) in [7, 11) is -5.17. The average molecular weight is 923 g/mol. The molecule has 1 aliphatic carbocycles. The van der Waals surface area contributed by atoms with Gasteiger partial charge in [0.05, 0.1) is 12.7 Å². The minimum Gasteiger partial charge on any atom is -0.462 e. The first-order chi connectivity index (χ1) is 30.8. The van der Waals surface area contributed by atoms with Crippen LogP contribution < -0.4 is 0 Å². The van der Waals surface area contributed by atoms with Crippen LogP contribution in [0.2, 0.25) is 0 Å². The Bertz CT molecular complexity index is 1500. The van der Waals surface area contributed by atoms with Gasteiger partial charge in [-0.1, -0.05) is 137 Å². The summed E-state index contributed by atoms with van der Waals surface area (Å²) in [5.74, 6) is -1.28. The fourth-order valence-corrected chi connectivity index (χ4v) is 7.15. The Labute approximate surface area is 382 Å². The van der Waals surface area contributed by atoms with Crippen molar-refractivity contribution >= 4 is 19.8 Å². The number of carbonyl (C=O) groups excluding carboxylic acids is 2. The maximum atomic E-state index is 12.8. The predicted octanol–water partition coefficient (Wildman–Crippen LogP) is 8.02. The van der Waals surface area contributed by atoms with Gasteiger partial charge in [0.1, 0.15) is 43.2 Å². The van der Waals surface area contributed by atoms with Crippen molar-refractivity contribution in [2.75, 3.05) is 13.2 Å². The maximum absolute atomic E-state index is 12.8. The summed E-state index contributed by atoms with van der Waals surface area (Å²) in [5, 5.41) is 60.2. The Hall–Kier alpha value is -3.27. The van der Waals surface area contributed by atoms with Crippen LogP contribution in [0, 0.1) is 0 Å². The quantitative estimate of drug-likeness (QED) is 0.0104. The fourth-order valence-electron chi connectivity index (χ4n) is 6.17. The van der Waals surface area contributed by atoms with Crippen molar-refractivity contribution in [2.24, 2.45) is 0 Å². The molecule has 0 aromatic heterocycles. The Morgan fingerprint density at radius 1 is 0.562 bits per heavy atom. The van der Waals surface area contributed by atoms with Crippen LogP contribution in [0.15, 0.2) is 97.2 Å². The normalized spacial score (nSPS) is 23.0. The third-order valence-electron chi connectivity index (χ3n) is 9.98. The molecule has 0 saturated heterocycles. The van der Waals surface area contributed by atoms with Crippen LogP contribution in [0.25, 0.3) is 0 Å². The van der Waals surface area contributed by atoms with Gasteiger partial charge in [0.15, 0.2) is 6.10 Å². The van der Waals surface area contributed by atoms with E-state index >= 15 is 0 Å². The van der Waals surface area contributed by atoms with E-state index in [0.717, 1.165) is 32.1 Å². The van der Waals surface area contributed by atoms with Crippen LogP contribution in [-0.4, -0.2) is 110 Å². The lowest BCUT2D eigenvalue weighted by atomic mass is 9.85. The van der Waals surface area contributed by atoms with Crippen LogP contribution in [0.5, 0.6) is 0 Å². The van der Waals surface area contributed by atoms with Gasteiger partial charge in [-0.25, -0.2) is 4.57 Å². The van der Waals surface area contributed by atoms with E-state index in [1.807, 2.05) is 48.6 Å². The van der Waals surface area contributed by atoms with Crippen LogP contribution in [0.3, 0.4) is 0 Å². The molecule has 1 saturated carbocycles. The van der Waals surface area contributed by atoms with E-state index in [-0.39, 0.29) is 12.8 Å². The molecule has 1 fully saturated rings. The number of hydrogen-bond donors (Lipinski definition) is 7. The first-order valence-electron chi connectivity index (χ1n) is 23.1. The van der Waals surface area contributed by atoms with Crippen LogP contribution in [0.4, 0.5) is 0 Å². The van der Waals surface area contributed by atoms with E-state index < -0.39 is 81.8 Å². The molecule has 364 valence electrons. The Morgan fingerprint density at radius 3 is 1.55 bits per heavy atom. The highest BCUT2D eigenvalue weighted by Gasteiger charge is 2.51. The van der Waals surface area contributed by atoms with Crippen molar-refractivity contribution in [3.8, 4) is 0 Å². The first-order valence-corrected chi connectivity index (χ1v) is 24.6. The second kappa shape index (κ2) is 37.9. The fraction of sp³-hybridized carbons (Fsp3) is 0.633. The zero-order valence-electron chi connectivity index (χ0n) is 38.1. The van der Waals surface area contributed by atoms with E-state index in [1.54, 1.807) is 6.08 Å². The Morgan fingerprint density at radius 2 is 1.02 bits per heavy atom. The molecule has 0 bridgehead atoms. The highest BCUT2D eigenvalue weighted by molar-refractivity contribution is 7.47. The van der Waals surface area contributed by atoms with Crippen LogP contribution >= 0.6 is 7.82 Å². The van der Waals surface area contributed by atoms with E-state index in [4.69, 9.17) is 18.5 Å². The molecular weight excluding hydrogens is 843 g/mol. The number of rotatable bonds is 36. The average Bonchev–Trinajstić information content (AvgIpc) is 3.27. The van der Waals surface area contributed by atoms with Crippen molar-refractivity contribution in [3.05, 3.63) is 97.2 Å². The molecule has 0 aromatic carbocycles. The van der Waals surface area contributed by atoms with Gasteiger partial charge in [-0.3, -0.25) is 18.6 Å². The predicted molar refractivity (Wildman–Crippen MR) is 250 cm³/mol. The van der Waals surface area contributed by atoms with Crippen molar-refractivity contribution in [2.45, 2.75) is 185 Å². The number of carbonyl (C=O) groups is 2. The molecular formula is C49H79O14P. The van der Waals surface area contributed by atoms with Gasteiger partial charge in [-0.2, -0.15) is 0 Å². The van der Waals surface area contributed by atoms with Crippen molar-refractivity contribution in [1.29, 1.82) is 0 Å². The molecule has 14 nitrogen and oxygen atoms in total. The number of aliphatic hydroxyl groups excluding tert-OH is 6. The highest BCUT2D eigenvalue weighted by Crippen LogP contribution is 2.47. The monoisotopic (exact) mass is 923 g/mol. The van der Waals surface area contributed by atoms with Crippen molar-refractivity contribution < 1.29 is 68.2 Å². The lowest BCUT2D eigenvalue weighted by Crippen LogP contribution is -2.64. The third-order valence-corrected chi connectivity index (χ3v) is 11.0. The second-order valence-electron chi connectivity index (χ2n) is 15.7. The zero-order chi connectivity index (χ0) is 47.3. The van der Waals surface area contributed by atoms with E-state index in [9.17, 15) is 49.7 Å². The van der Waals surface area contributed by atoms with Crippen molar-refractivity contribution in [3.63, 3.8) is 0 Å². The Balaban J connectivity index is 2.58. The number of allylic oxidation sites excluding steroid dienone is 14. The minimum atomic E-state index is -5.17. The number of hydrogen-bond acceptors (Lipinski definition) is 13. The van der Waals surface area contributed by atoms with Gasteiger partial charge >= 0.3 is 19.8 Å². The number of phosphoric acid groups is 1. The number of phosphoric ester groups is 1.